The fourth-order valence-corrected chi connectivity index (χ4v) is 1.56. The summed E-state index contributed by atoms with van der Waals surface area (Å²) in [6, 6.07) is 0. The molecule has 0 amide bonds. The number of hydrogen-bond acceptors (Lipinski definition) is 5. The molecule has 1 fully saturated rings. The monoisotopic (exact) mass is 294 g/mol. The van der Waals surface area contributed by atoms with Crippen LogP contribution in [-0.4, -0.2) is 32.1 Å². The highest BCUT2D eigenvalue weighted by Crippen LogP contribution is 2.23. The third kappa shape index (κ3) is 5.73. The number of rotatable bonds is 1. The highest BCUT2D eigenvalue weighted by atomic mass is 32.2. The first-order valence-corrected chi connectivity index (χ1v) is 6.62. The van der Waals surface area contributed by atoms with Crippen molar-refractivity contribution in [1.29, 1.82) is 0 Å². The zero-order chi connectivity index (χ0) is 13.7. The first kappa shape index (κ1) is 16.7. The molecule has 0 heterocycles. The van der Waals surface area contributed by atoms with Crippen LogP contribution in [0.4, 0.5) is 13.2 Å². The summed E-state index contributed by atoms with van der Waals surface area (Å²) in [6.07, 6.45) is 4.01. The van der Waals surface area contributed by atoms with Crippen molar-refractivity contribution in [2.75, 3.05) is 7.11 Å². The molecule has 1 aliphatic rings. The minimum absolute atomic E-state index is 0.0590. The van der Waals surface area contributed by atoms with Crippen LogP contribution >= 0.6 is 12.6 Å². The summed E-state index contributed by atoms with van der Waals surface area (Å²) in [7, 11) is -4.89. The van der Waals surface area contributed by atoms with Gasteiger partial charge in [-0.3, -0.25) is 8.98 Å². The van der Waals surface area contributed by atoms with E-state index in [0.717, 1.165) is 19.3 Å². The lowest BCUT2D eigenvalue weighted by molar-refractivity contribution is -0.119. The molecule has 0 radical (unpaired) electrons. The number of carbonyl (C=O) groups is 1. The van der Waals surface area contributed by atoms with E-state index >= 15 is 0 Å². The van der Waals surface area contributed by atoms with Crippen LogP contribution in [0.1, 0.15) is 25.7 Å². The van der Waals surface area contributed by atoms with Gasteiger partial charge >= 0.3 is 15.6 Å². The number of hydrogen-bond donors (Lipinski definition) is 1. The van der Waals surface area contributed by atoms with Crippen molar-refractivity contribution in [3.8, 4) is 0 Å². The molecule has 1 unspecified atom stereocenters. The Balaban J connectivity index is 0.000000302. The third-order valence-electron chi connectivity index (χ3n) is 2.03. The molecule has 1 aliphatic carbocycles. The van der Waals surface area contributed by atoms with Gasteiger partial charge in [-0.1, -0.05) is 6.42 Å². The van der Waals surface area contributed by atoms with Gasteiger partial charge < -0.3 is 0 Å². The number of carbonyl (C=O) groups excluding carboxylic acids is 1. The standard InChI is InChI=1S/C6H10OS.C2H3F3O3S/c7-5-3-1-2-4-6(5)8;1-8-9(6,7)2(3,4)5/h6,8H,1-4H2;1H3. The van der Waals surface area contributed by atoms with E-state index < -0.39 is 15.6 Å². The Morgan fingerprint density at radius 1 is 1.35 bits per heavy atom. The van der Waals surface area contributed by atoms with Gasteiger partial charge in [0.2, 0.25) is 0 Å². The Labute approximate surface area is 103 Å². The molecule has 0 saturated heterocycles. The fraction of sp³-hybridized carbons (Fsp3) is 0.875. The second-order valence-corrected chi connectivity index (χ2v) is 5.62. The van der Waals surface area contributed by atoms with E-state index in [2.05, 4.69) is 16.8 Å². The van der Waals surface area contributed by atoms with E-state index in [9.17, 15) is 26.4 Å². The predicted octanol–water partition coefficient (Wildman–Crippen LogP) is 1.91. The highest BCUT2D eigenvalue weighted by Gasteiger charge is 2.46. The van der Waals surface area contributed by atoms with Gasteiger partial charge in [0.25, 0.3) is 0 Å². The lowest BCUT2D eigenvalue weighted by Gasteiger charge is -2.13. The van der Waals surface area contributed by atoms with E-state index in [4.69, 9.17) is 0 Å². The number of halogens is 3. The minimum Gasteiger partial charge on any atom is -0.298 e. The Bertz CT molecular complexity index is 350. The molecule has 0 aromatic carbocycles. The minimum atomic E-state index is -5.34. The molecule has 0 N–H and O–H groups in total. The molecule has 17 heavy (non-hydrogen) atoms. The summed E-state index contributed by atoms with van der Waals surface area (Å²) in [6.45, 7) is 0. The van der Waals surface area contributed by atoms with Crippen molar-refractivity contribution >= 4 is 28.5 Å². The summed E-state index contributed by atoms with van der Waals surface area (Å²) in [5.41, 5.74) is -5.30. The van der Waals surface area contributed by atoms with E-state index in [1.807, 2.05) is 0 Å². The maximum Gasteiger partial charge on any atom is 0.523 e. The average Bonchev–Trinajstić information content (AvgIpc) is 2.22. The maximum atomic E-state index is 11.1. The first-order chi connectivity index (χ1) is 7.62. The lowest BCUT2D eigenvalue weighted by Crippen LogP contribution is -2.23. The zero-order valence-electron chi connectivity index (χ0n) is 9.03. The van der Waals surface area contributed by atoms with Gasteiger partial charge in [0, 0.05) is 6.42 Å². The average molecular weight is 294 g/mol. The van der Waals surface area contributed by atoms with Crippen LogP contribution in [0.15, 0.2) is 0 Å². The van der Waals surface area contributed by atoms with Crippen LogP contribution in [-0.2, 0) is 19.1 Å². The van der Waals surface area contributed by atoms with Crippen molar-refractivity contribution in [2.24, 2.45) is 0 Å². The van der Waals surface area contributed by atoms with Gasteiger partial charge in [-0.2, -0.15) is 34.2 Å². The SMILES string of the molecule is COS(=O)(=O)C(F)(F)F.O=C1CCCCC1S. The van der Waals surface area contributed by atoms with Crippen molar-refractivity contribution in [2.45, 2.75) is 36.4 Å². The van der Waals surface area contributed by atoms with Crippen LogP contribution in [0.3, 0.4) is 0 Å². The number of alkyl halides is 3. The van der Waals surface area contributed by atoms with Crippen LogP contribution in [0.25, 0.3) is 0 Å². The molecular formula is C8H13F3O4S2. The van der Waals surface area contributed by atoms with Gasteiger partial charge in [-0.15, -0.1) is 0 Å². The van der Waals surface area contributed by atoms with E-state index in [1.54, 1.807) is 0 Å². The lowest BCUT2D eigenvalue weighted by atomic mass is 9.99. The van der Waals surface area contributed by atoms with Crippen molar-refractivity contribution in [3.05, 3.63) is 0 Å². The van der Waals surface area contributed by atoms with Crippen LogP contribution in [0.2, 0.25) is 0 Å². The summed E-state index contributed by atoms with van der Waals surface area (Å²) in [5, 5.41) is 0.0590. The number of ketones is 1. The van der Waals surface area contributed by atoms with Crippen molar-refractivity contribution in [1.82, 2.24) is 0 Å². The Kier molecular flexibility index (Phi) is 6.49. The van der Waals surface area contributed by atoms with Gasteiger partial charge in [-0.05, 0) is 12.8 Å². The first-order valence-electron chi connectivity index (χ1n) is 4.69. The number of thiol groups is 1. The normalized spacial score (nSPS) is 21.7. The molecular weight excluding hydrogens is 281 g/mol. The molecule has 4 nitrogen and oxygen atoms in total. The van der Waals surface area contributed by atoms with E-state index in [0.29, 0.717) is 12.9 Å². The predicted molar refractivity (Wildman–Crippen MR) is 58.2 cm³/mol. The summed E-state index contributed by atoms with van der Waals surface area (Å²) >= 11 is 4.11. The van der Waals surface area contributed by atoms with Crippen LogP contribution in [0, 0.1) is 0 Å². The molecule has 102 valence electrons. The molecule has 0 aromatic heterocycles. The second-order valence-electron chi connectivity index (χ2n) is 3.29. The molecule has 0 aliphatic heterocycles. The molecule has 0 spiro atoms. The van der Waals surface area contributed by atoms with Crippen molar-refractivity contribution < 1.29 is 30.6 Å². The molecule has 1 saturated carbocycles. The fourth-order valence-electron chi connectivity index (χ4n) is 1.06. The maximum absolute atomic E-state index is 11.1. The summed E-state index contributed by atoms with van der Waals surface area (Å²) < 4.78 is 55.9. The van der Waals surface area contributed by atoms with E-state index in [1.165, 1.54) is 6.42 Å². The molecule has 1 atom stereocenters. The van der Waals surface area contributed by atoms with Crippen LogP contribution in [0.5, 0.6) is 0 Å². The molecule has 0 bridgehead atoms. The number of Topliss-reactive ketones (excluding diaryl/α,β-unsaturated/α-hetero) is 1. The summed E-state index contributed by atoms with van der Waals surface area (Å²) in [5.74, 6) is 0.333. The molecule has 9 heteroatoms. The second kappa shape index (κ2) is 6.60. The Hall–Kier alpha value is -0.280. The Morgan fingerprint density at radius 2 is 1.88 bits per heavy atom. The molecule has 0 aromatic rings. The van der Waals surface area contributed by atoms with Gasteiger partial charge in [0.05, 0.1) is 12.4 Å². The zero-order valence-corrected chi connectivity index (χ0v) is 10.7. The van der Waals surface area contributed by atoms with E-state index in [-0.39, 0.29) is 5.25 Å². The van der Waals surface area contributed by atoms with Gasteiger partial charge in [-0.25, -0.2) is 0 Å². The Morgan fingerprint density at radius 3 is 2.06 bits per heavy atom. The summed E-state index contributed by atoms with van der Waals surface area (Å²) in [4.78, 5) is 10.7. The quantitative estimate of drug-likeness (QED) is 0.456. The van der Waals surface area contributed by atoms with Crippen LogP contribution < -0.4 is 0 Å². The third-order valence-corrected chi connectivity index (χ3v) is 3.58. The molecule has 1 rings (SSSR count). The van der Waals surface area contributed by atoms with Gasteiger partial charge in [0.1, 0.15) is 5.78 Å². The topological polar surface area (TPSA) is 60.4 Å². The largest absolute Gasteiger partial charge is 0.523 e. The van der Waals surface area contributed by atoms with Gasteiger partial charge in [0.15, 0.2) is 0 Å². The van der Waals surface area contributed by atoms with Crippen molar-refractivity contribution in [3.63, 3.8) is 0 Å². The smallest absolute Gasteiger partial charge is 0.298 e. The highest BCUT2D eigenvalue weighted by molar-refractivity contribution is 7.87.